The Bertz CT molecular complexity index is 471. The third-order valence-electron chi connectivity index (χ3n) is 2.61. The summed E-state index contributed by atoms with van der Waals surface area (Å²) >= 11 is 0. The van der Waals surface area contributed by atoms with Crippen LogP contribution < -0.4 is 10.1 Å². The lowest BCUT2D eigenvalue weighted by Crippen LogP contribution is -2.15. The lowest BCUT2D eigenvalue weighted by molar-refractivity contribution is 0.207. The van der Waals surface area contributed by atoms with Crippen molar-refractivity contribution in [2.75, 3.05) is 19.8 Å². The zero-order valence-corrected chi connectivity index (χ0v) is 12.0. The Morgan fingerprint density at radius 1 is 1.39 bits per heavy atom. The van der Waals surface area contributed by atoms with Crippen molar-refractivity contribution < 1.29 is 13.2 Å². The van der Waals surface area contributed by atoms with Crippen molar-refractivity contribution in [1.29, 1.82) is 0 Å². The van der Waals surface area contributed by atoms with Gasteiger partial charge in [-0.15, -0.1) is 0 Å². The van der Waals surface area contributed by atoms with Crippen LogP contribution in [0.3, 0.4) is 0 Å². The van der Waals surface area contributed by atoms with Crippen LogP contribution in [0, 0.1) is 0 Å². The van der Waals surface area contributed by atoms with E-state index in [1.165, 1.54) is 6.26 Å². The highest BCUT2D eigenvalue weighted by atomic mass is 32.2. The smallest absolute Gasteiger partial charge is 0.175 e. The van der Waals surface area contributed by atoms with E-state index in [1.54, 1.807) is 24.3 Å². The maximum Gasteiger partial charge on any atom is 0.175 e. The fraction of sp³-hybridized carbons (Fsp3) is 0.538. The van der Waals surface area contributed by atoms with Gasteiger partial charge in [-0.1, -0.05) is 6.07 Å². The number of hydrogen-bond acceptors (Lipinski definition) is 4. The first-order chi connectivity index (χ1) is 8.43. The molecule has 0 fully saturated rings. The second-order valence-electron chi connectivity index (χ2n) is 4.42. The molecule has 1 unspecified atom stereocenters. The fourth-order valence-electron chi connectivity index (χ4n) is 1.64. The highest BCUT2D eigenvalue weighted by molar-refractivity contribution is 7.90. The lowest BCUT2D eigenvalue weighted by atomic mass is 10.2. The molecule has 0 bridgehead atoms. The van der Waals surface area contributed by atoms with Crippen molar-refractivity contribution in [1.82, 2.24) is 5.32 Å². The molecule has 1 atom stereocenters. The van der Waals surface area contributed by atoms with E-state index in [1.807, 2.05) is 14.0 Å². The Hall–Kier alpha value is -1.07. The molecule has 0 aromatic heterocycles. The van der Waals surface area contributed by atoms with Gasteiger partial charge in [0.25, 0.3) is 0 Å². The molecule has 0 amide bonds. The number of benzene rings is 1. The standard InChI is InChI=1S/C13H21NO3S/c1-11(6-5-9-14-2)17-12-7-4-8-13(10-12)18(3,15)16/h4,7-8,10-11,14H,5-6,9H2,1-3H3. The van der Waals surface area contributed by atoms with E-state index in [4.69, 9.17) is 4.74 Å². The fourth-order valence-corrected chi connectivity index (χ4v) is 2.29. The normalized spacial score (nSPS) is 13.3. The van der Waals surface area contributed by atoms with Crippen molar-refractivity contribution in [3.8, 4) is 5.75 Å². The minimum absolute atomic E-state index is 0.0770. The number of rotatable bonds is 7. The summed E-state index contributed by atoms with van der Waals surface area (Å²) in [6.07, 6.45) is 3.24. The van der Waals surface area contributed by atoms with Gasteiger partial charge in [0.05, 0.1) is 11.0 Å². The summed E-state index contributed by atoms with van der Waals surface area (Å²) < 4.78 is 28.5. The number of ether oxygens (including phenoxy) is 1. The van der Waals surface area contributed by atoms with Gasteiger partial charge < -0.3 is 10.1 Å². The van der Waals surface area contributed by atoms with Crippen molar-refractivity contribution in [3.05, 3.63) is 24.3 Å². The second-order valence-corrected chi connectivity index (χ2v) is 6.44. The molecule has 4 nitrogen and oxygen atoms in total. The van der Waals surface area contributed by atoms with E-state index >= 15 is 0 Å². The Morgan fingerprint density at radius 3 is 2.72 bits per heavy atom. The minimum Gasteiger partial charge on any atom is -0.491 e. The molecule has 0 aliphatic carbocycles. The van der Waals surface area contributed by atoms with Gasteiger partial charge in [-0.3, -0.25) is 0 Å². The zero-order valence-electron chi connectivity index (χ0n) is 11.1. The van der Waals surface area contributed by atoms with Gasteiger partial charge in [-0.25, -0.2) is 8.42 Å². The van der Waals surface area contributed by atoms with Crippen molar-refractivity contribution in [3.63, 3.8) is 0 Å². The molecule has 102 valence electrons. The highest BCUT2D eigenvalue weighted by Crippen LogP contribution is 2.19. The zero-order chi connectivity index (χ0) is 13.6. The average Bonchev–Trinajstić information content (AvgIpc) is 2.28. The highest BCUT2D eigenvalue weighted by Gasteiger charge is 2.09. The molecule has 0 spiro atoms. The molecule has 0 aliphatic heterocycles. The number of nitrogens with one attached hydrogen (secondary N) is 1. The first-order valence-corrected chi connectivity index (χ1v) is 7.94. The quantitative estimate of drug-likeness (QED) is 0.769. The average molecular weight is 271 g/mol. The first kappa shape index (κ1) is 15.0. The monoisotopic (exact) mass is 271 g/mol. The number of sulfone groups is 1. The van der Waals surface area contributed by atoms with Crippen LogP contribution in [0.5, 0.6) is 5.75 Å². The Balaban J connectivity index is 2.62. The van der Waals surface area contributed by atoms with Gasteiger partial charge in [0.2, 0.25) is 0 Å². The molecular formula is C13H21NO3S. The molecule has 1 aromatic rings. The molecular weight excluding hydrogens is 250 g/mol. The van der Waals surface area contributed by atoms with Gasteiger partial charge in [-0.2, -0.15) is 0 Å². The van der Waals surface area contributed by atoms with Crippen molar-refractivity contribution in [2.45, 2.75) is 30.8 Å². The molecule has 0 heterocycles. The van der Waals surface area contributed by atoms with Gasteiger partial charge in [0.1, 0.15) is 5.75 Å². The Labute approximate surface area is 109 Å². The molecule has 0 saturated carbocycles. The molecule has 0 aliphatic rings. The van der Waals surface area contributed by atoms with Crippen molar-refractivity contribution in [2.24, 2.45) is 0 Å². The summed E-state index contributed by atoms with van der Waals surface area (Å²) in [7, 11) is -1.25. The Kier molecular flexibility index (Phi) is 5.62. The largest absolute Gasteiger partial charge is 0.491 e. The summed E-state index contributed by atoms with van der Waals surface area (Å²) in [5, 5.41) is 3.08. The summed E-state index contributed by atoms with van der Waals surface area (Å²) in [6.45, 7) is 2.94. The molecule has 1 rings (SSSR count). The molecule has 1 aromatic carbocycles. The Morgan fingerprint density at radius 2 is 2.11 bits per heavy atom. The minimum atomic E-state index is -3.17. The van der Waals surface area contributed by atoms with Gasteiger partial charge >= 0.3 is 0 Å². The first-order valence-electron chi connectivity index (χ1n) is 6.05. The summed E-state index contributed by atoms with van der Waals surface area (Å²) in [4.78, 5) is 0.294. The summed E-state index contributed by atoms with van der Waals surface area (Å²) in [5.41, 5.74) is 0. The van der Waals surface area contributed by atoms with Crippen LogP contribution in [0.15, 0.2) is 29.2 Å². The summed E-state index contributed by atoms with van der Waals surface area (Å²) in [6, 6.07) is 6.63. The predicted molar refractivity (Wildman–Crippen MR) is 72.8 cm³/mol. The lowest BCUT2D eigenvalue weighted by Gasteiger charge is -2.15. The third kappa shape index (κ3) is 5.06. The van der Waals surface area contributed by atoms with E-state index in [2.05, 4.69) is 5.32 Å². The molecule has 0 saturated heterocycles. The topological polar surface area (TPSA) is 55.4 Å². The summed E-state index contributed by atoms with van der Waals surface area (Å²) in [5.74, 6) is 0.606. The van der Waals surface area contributed by atoms with Gasteiger partial charge in [-0.05, 0) is 51.6 Å². The van der Waals surface area contributed by atoms with Gasteiger partial charge in [0.15, 0.2) is 9.84 Å². The third-order valence-corrected chi connectivity index (χ3v) is 3.72. The van der Waals surface area contributed by atoms with E-state index < -0.39 is 9.84 Å². The van der Waals surface area contributed by atoms with Gasteiger partial charge in [0, 0.05) is 6.26 Å². The molecule has 5 heteroatoms. The van der Waals surface area contributed by atoms with Crippen molar-refractivity contribution >= 4 is 9.84 Å². The van der Waals surface area contributed by atoms with Crippen LogP contribution in [0.25, 0.3) is 0 Å². The van der Waals surface area contributed by atoms with Crippen LogP contribution in [0.2, 0.25) is 0 Å². The number of hydrogen-bond donors (Lipinski definition) is 1. The molecule has 18 heavy (non-hydrogen) atoms. The second kappa shape index (κ2) is 6.75. The van der Waals surface area contributed by atoms with Crippen LogP contribution in [-0.2, 0) is 9.84 Å². The van der Waals surface area contributed by atoms with Crippen LogP contribution in [0.1, 0.15) is 19.8 Å². The van der Waals surface area contributed by atoms with Crippen LogP contribution >= 0.6 is 0 Å². The SMILES string of the molecule is CNCCCC(C)Oc1cccc(S(C)(=O)=O)c1. The van der Waals surface area contributed by atoms with E-state index in [-0.39, 0.29) is 6.10 Å². The molecule has 1 N–H and O–H groups in total. The van der Waals surface area contributed by atoms with Crippen LogP contribution in [0.4, 0.5) is 0 Å². The maximum absolute atomic E-state index is 11.4. The van der Waals surface area contributed by atoms with E-state index in [9.17, 15) is 8.42 Å². The van der Waals surface area contributed by atoms with Crippen LogP contribution in [-0.4, -0.2) is 34.4 Å². The predicted octanol–water partition coefficient (Wildman–Crippen LogP) is 1.86. The van der Waals surface area contributed by atoms with E-state index in [0.29, 0.717) is 10.6 Å². The maximum atomic E-state index is 11.4. The molecule has 0 radical (unpaired) electrons. The van der Waals surface area contributed by atoms with E-state index in [0.717, 1.165) is 19.4 Å².